The van der Waals surface area contributed by atoms with E-state index in [1.54, 1.807) is 18.2 Å². The van der Waals surface area contributed by atoms with Crippen molar-refractivity contribution in [3.63, 3.8) is 0 Å². The van der Waals surface area contributed by atoms with Crippen LogP contribution in [0.2, 0.25) is 0 Å². The maximum atomic E-state index is 10.0. The van der Waals surface area contributed by atoms with Gasteiger partial charge in [0.2, 0.25) is 0 Å². The minimum atomic E-state index is -6.00. The molecule has 0 radical (unpaired) electrons. The van der Waals surface area contributed by atoms with Crippen LogP contribution in [0, 0.1) is 10.1 Å². The highest BCUT2D eigenvalue weighted by atomic mass is 19.5. The molecule has 0 fully saturated rings. The van der Waals surface area contributed by atoms with Crippen molar-refractivity contribution in [1.82, 2.24) is 0 Å². The van der Waals surface area contributed by atoms with Crippen LogP contribution in [0.15, 0.2) is 30.3 Å². The molecular weight excluding hydrogens is 378 g/mol. The number of benzene rings is 1. The van der Waals surface area contributed by atoms with Gasteiger partial charge in [-0.1, -0.05) is 18.2 Å². The molecule has 3 nitrogen and oxygen atoms in total. The first-order chi connectivity index (χ1) is 10.3. The molecule has 1 rings (SSSR count). The minimum Gasteiger partial charge on any atom is -0.418 e. The second-order valence-electron chi connectivity index (χ2n) is 3.08. The van der Waals surface area contributed by atoms with Gasteiger partial charge in [0.05, 0.1) is 4.92 Å². The highest BCUT2D eigenvalue weighted by Crippen LogP contribution is 2.08. The van der Waals surface area contributed by atoms with Crippen LogP contribution in [0.1, 0.15) is 0 Å². The van der Waals surface area contributed by atoms with E-state index in [4.69, 9.17) is 0 Å². The van der Waals surface area contributed by atoms with E-state index < -0.39 is 26.7 Å². The third kappa shape index (κ3) is 72.3. The molecule has 0 atom stereocenters. The van der Waals surface area contributed by atoms with Gasteiger partial charge in [0.1, 0.15) is 0 Å². The van der Waals surface area contributed by atoms with Crippen molar-refractivity contribution >= 4 is 27.5 Å². The summed E-state index contributed by atoms with van der Waals surface area (Å²) in [5.41, 5.74) is 0.137. The quantitative estimate of drug-likeness (QED) is 0.278. The van der Waals surface area contributed by atoms with Gasteiger partial charge < -0.3 is 51.8 Å². The molecule has 0 bridgehead atoms. The first kappa shape index (κ1) is 26.9. The van der Waals surface area contributed by atoms with Crippen molar-refractivity contribution in [2.45, 2.75) is 0 Å². The number of hydrogen-bond donors (Lipinski definition) is 0. The molecule has 1 aromatic rings. The van der Waals surface area contributed by atoms with Gasteiger partial charge in [-0.2, -0.15) is 0 Å². The highest BCUT2D eigenvalue weighted by Gasteiger charge is 2.21. The molecule has 0 aliphatic heterocycles. The van der Waals surface area contributed by atoms with Gasteiger partial charge in [0.15, 0.2) is 0 Å². The summed E-state index contributed by atoms with van der Waals surface area (Å²) in [6, 6.07) is 7.93. The van der Waals surface area contributed by atoms with Gasteiger partial charge in [-0.3, -0.25) is 10.1 Å². The largest absolute Gasteiger partial charge is 0.673 e. The fourth-order valence-electron chi connectivity index (χ4n) is 0.550. The topological polar surface area (TPSA) is 43.1 Å². The van der Waals surface area contributed by atoms with Crippen molar-refractivity contribution in [1.29, 1.82) is 0 Å². The number of rotatable bonds is 1. The Bertz CT molecular complexity index is 400. The van der Waals surface area contributed by atoms with Gasteiger partial charge in [-0.05, 0) is 0 Å². The molecule has 142 valence electrons. The van der Waals surface area contributed by atoms with Crippen LogP contribution in [-0.2, 0) is 0 Å². The molecule has 0 aromatic heterocycles. The Balaban J connectivity index is -0.000000259. The van der Waals surface area contributed by atoms with Gasteiger partial charge in [-0.15, -0.1) is 0 Å². The number of halogens is 12. The number of nitrogens with zero attached hydrogens (tertiary/aromatic N) is 1. The van der Waals surface area contributed by atoms with E-state index >= 15 is 0 Å². The van der Waals surface area contributed by atoms with E-state index in [1.807, 2.05) is 0 Å². The van der Waals surface area contributed by atoms with Crippen LogP contribution in [0.3, 0.4) is 0 Å². The lowest BCUT2D eigenvalue weighted by Gasteiger charge is -1.94. The molecule has 0 unspecified atom stereocenters. The lowest BCUT2D eigenvalue weighted by molar-refractivity contribution is -0.384. The average molecular weight is 384 g/mol. The Labute approximate surface area is 126 Å². The van der Waals surface area contributed by atoms with Crippen LogP contribution < -0.4 is 0 Å². The number of para-hydroxylation sites is 1. The van der Waals surface area contributed by atoms with Crippen LogP contribution >= 0.6 is 0 Å². The van der Waals surface area contributed by atoms with Crippen molar-refractivity contribution < 1.29 is 56.7 Å². The van der Waals surface area contributed by atoms with Crippen molar-refractivity contribution in [3.05, 3.63) is 40.4 Å². The molecule has 0 spiro atoms. The second kappa shape index (κ2) is 11.5. The molecule has 0 saturated carbocycles. The Morgan fingerprint density at radius 1 is 0.625 bits per heavy atom. The summed E-state index contributed by atoms with van der Waals surface area (Å²) in [5, 5.41) is 10.0. The predicted molar refractivity (Wildman–Crippen MR) is 63.7 cm³/mol. The zero-order valence-corrected chi connectivity index (χ0v) is 10.9. The van der Waals surface area contributed by atoms with E-state index in [0.29, 0.717) is 0 Å². The second-order valence-corrected chi connectivity index (χ2v) is 3.08. The zero-order chi connectivity index (χ0) is 20.2. The molecule has 24 heavy (non-hydrogen) atoms. The summed E-state index contributed by atoms with van der Waals surface area (Å²) in [6.45, 7) is 0. The Morgan fingerprint density at radius 2 is 0.833 bits per heavy atom. The van der Waals surface area contributed by atoms with E-state index in [9.17, 15) is 61.9 Å². The van der Waals surface area contributed by atoms with Gasteiger partial charge in [0, 0.05) is 12.1 Å². The summed E-state index contributed by atoms with van der Waals surface area (Å²) in [4.78, 5) is 9.59. The third-order valence-corrected chi connectivity index (χ3v) is 0.967. The first-order valence-electron chi connectivity index (χ1n) is 5.12. The van der Waals surface area contributed by atoms with Crippen LogP contribution in [-0.4, -0.2) is 26.7 Å². The average Bonchev–Trinajstić information content (AvgIpc) is 2.23. The van der Waals surface area contributed by atoms with Gasteiger partial charge in [-0.25, -0.2) is 0 Å². The zero-order valence-electron chi connectivity index (χ0n) is 10.9. The number of nitro benzene ring substituents is 1. The van der Waals surface area contributed by atoms with E-state index in [0.717, 1.165) is 0 Å². The van der Waals surface area contributed by atoms with E-state index in [-0.39, 0.29) is 5.69 Å². The molecular formula is C6H5B3F12NO2-3. The molecule has 0 aliphatic rings. The number of hydrogen-bond acceptors (Lipinski definition) is 2. The molecule has 0 N–H and O–H groups in total. The lowest BCUT2D eigenvalue weighted by Crippen LogP contribution is -2.02. The smallest absolute Gasteiger partial charge is 0.418 e. The number of nitro groups is 1. The van der Waals surface area contributed by atoms with Gasteiger partial charge in [0.25, 0.3) is 5.69 Å². The highest BCUT2D eigenvalue weighted by molar-refractivity contribution is 6.50. The van der Waals surface area contributed by atoms with E-state index in [1.165, 1.54) is 12.1 Å². The standard InChI is InChI=1S/C6H5NO2.3BF4/c8-7(9)6-4-2-1-3-5-6;3*2-1(3,4)5/h1-5H;;;/q;3*-1. The Kier molecular flexibility index (Phi) is 12.9. The van der Waals surface area contributed by atoms with Crippen molar-refractivity contribution in [3.8, 4) is 0 Å². The molecule has 1 aromatic carbocycles. The van der Waals surface area contributed by atoms with Crippen molar-refractivity contribution in [2.24, 2.45) is 0 Å². The summed E-state index contributed by atoms with van der Waals surface area (Å²) < 4.78 is 117. The SMILES string of the molecule is F[B-](F)(F)F.F[B-](F)(F)F.F[B-](F)(F)F.O=[N+]([O-])c1ccccc1. The monoisotopic (exact) mass is 384 g/mol. The molecule has 0 heterocycles. The Hall–Kier alpha value is -2.03. The Morgan fingerprint density at radius 3 is 0.958 bits per heavy atom. The summed E-state index contributed by atoms with van der Waals surface area (Å²) in [5.74, 6) is 0. The van der Waals surface area contributed by atoms with Crippen LogP contribution in [0.5, 0.6) is 0 Å². The summed E-state index contributed by atoms with van der Waals surface area (Å²) in [7, 11) is -18.0. The molecule has 18 heteroatoms. The van der Waals surface area contributed by atoms with Crippen LogP contribution in [0.4, 0.5) is 57.5 Å². The fraction of sp³-hybridized carbons (Fsp3) is 0. The predicted octanol–water partition coefficient (Wildman–Crippen LogP) is 5.49. The van der Waals surface area contributed by atoms with Crippen LogP contribution in [0.25, 0.3) is 0 Å². The minimum absolute atomic E-state index is 0.137. The maximum Gasteiger partial charge on any atom is 0.673 e. The summed E-state index contributed by atoms with van der Waals surface area (Å²) in [6.07, 6.45) is 0. The van der Waals surface area contributed by atoms with Gasteiger partial charge >= 0.3 is 21.8 Å². The third-order valence-electron chi connectivity index (χ3n) is 0.967. The lowest BCUT2D eigenvalue weighted by atomic mass is 10.3. The first-order valence-corrected chi connectivity index (χ1v) is 5.12. The number of non-ortho nitro benzene ring substituents is 1. The molecule has 0 saturated heterocycles. The maximum absolute atomic E-state index is 10.0. The molecule has 0 aliphatic carbocycles. The molecule has 0 amide bonds. The normalized spacial score (nSPS) is 10.8. The van der Waals surface area contributed by atoms with E-state index in [2.05, 4.69) is 0 Å². The fourth-order valence-corrected chi connectivity index (χ4v) is 0.550. The summed E-state index contributed by atoms with van der Waals surface area (Å²) >= 11 is 0. The van der Waals surface area contributed by atoms with Crippen molar-refractivity contribution in [2.75, 3.05) is 0 Å².